The first-order valence-electron chi connectivity index (χ1n) is 6.30. The van der Waals surface area contributed by atoms with Crippen molar-refractivity contribution in [2.75, 3.05) is 12.3 Å². The summed E-state index contributed by atoms with van der Waals surface area (Å²) in [5, 5.41) is 0. The molecule has 1 amide bonds. The molecule has 1 aliphatic carbocycles. The molecular formula is C14H20N2O. The lowest BCUT2D eigenvalue weighted by Gasteiger charge is -2.22. The fourth-order valence-electron chi connectivity index (χ4n) is 2.02. The van der Waals surface area contributed by atoms with Gasteiger partial charge in [0.15, 0.2) is 0 Å². The van der Waals surface area contributed by atoms with Gasteiger partial charge in [-0.1, -0.05) is 13.0 Å². The van der Waals surface area contributed by atoms with E-state index >= 15 is 0 Å². The number of nitrogens with zero attached hydrogens (tertiary/aromatic N) is 1. The van der Waals surface area contributed by atoms with Crippen LogP contribution >= 0.6 is 0 Å². The summed E-state index contributed by atoms with van der Waals surface area (Å²) in [6.45, 7) is 4.90. The zero-order valence-corrected chi connectivity index (χ0v) is 10.6. The Bertz CT molecular complexity index is 424. The third-order valence-electron chi connectivity index (χ3n) is 3.24. The third kappa shape index (κ3) is 2.60. The van der Waals surface area contributed by atoms with Gasteiger partial charge in [-0.25, -0.2) is 0 Å². The molecule has 2 N–H and O–H groups in total. The minimum atomic E-state index is 0.126. The van der Waals surface area contributed by atoms with Gasteiger partial charge in [0.05, 0.1) is 0 Å². The van der Waals surface area contributed by atoms with Crippen LogP contribution in [0.2, 0.25) is 0 Å². The van der Waals surface area contributed by atoms with Crippen LogP contribution in [0.15, 0.2) is 18.2 Å². The van der Waals surface area contributed by atoms with Crippen LogP contribution in [-0.2, 0) is 0 Å². The molecule has 3 nitrogen and oxygen atoms in total. The second kappa shape index (κ2) is 4.78. The van der Waals surface area contributed by atoms with E-state index in [1.54, 1.807) is 6.07 Å². The van der Waals surface area contributed by atoms with Gasteiger partial charge in [0.2, 0.25) is 0 Å². The molecule has 1 aromatic rings. The van der Waals surface area contributed by atoms with Crippen LogP contribution in [0.5, 0.6) is 0 Å². The highest BCUT2D eigenvalue weighted by Crippen LogP contribution is 2.28. The first-order chi connectivity index (χ1) is 8.13. The number of hydrogen-bond donors (Lipinski definition) is 1. The van der Waals surface area contributed by atoms with Crippen molar-refractivity contribution in [2.24, 2.45) is 0 Å². The molecule has 2 rings (SSSR count). The van der Waals surface area contributed by atoms with Crippen molar-refractivity contribution >= 4 is 11.6 Å². The number of benzene rings is 1. The Morgan fingerprint density at radius 2 is 2.18 bits per heavy atom. The van der Waals surface area contributed by atoms with Crippen LogP contribution < -0.4 is 5.73 Å². The van der Waals surface area contributed by atoms with E-state index in [4.69, 9.17) is 5.73 Å². The van der Waals surface area contributed by atoms with Crippen molar-refractivity contribution < 1.29 is 4.79 Å². The van der Waals surface area contributed by atoms with Crippen molar-refractivity contribution in [2.45, 2.75) is 39.2 Å². The number of nitrogen functional groups attached to an aromatic ring is 1. The molecule has 1 fully saturated rings. The molecule has 1 aromatic carbocycles. The molecule has 1 aliphatic rings. The van der Waals surface area contributed by atoms with Gasteiger partial charge in [0, 0.05) is 23.8 Å². The van der Waals surface area contributed by atoms with Crippen molar-refractivity contribution in [3.8, 4) is 0 Å². The van der Waals surface area contributed by atoms with E-state index in [2.05, 4.69) is 6.92 Å². The van der Waals surface area contributed by atoms with Crippen LogP contribution in [-0.4, -0.2) is 23.4 Å². The topological polar surface area (TPSA) is 46.3 Å². The van der Waals surface area contributed by atoms with E-state index in [0.29, 0.717) is 17.3 Å². The molecule has 0 bridgehead atoms. The van der Waals surface area contributed by atoms with Crippen LogP contribution in [0.4, 0.5) is 5.69 Å². The minimum Gasteiger partial charge on any atom is -0.398 e. The summed E-state index contributed by atoms with van der Waals surface area (Å²) in [7, 11) is 0. The Balaban J connectivity index is 2.19. The normalized spacial score (nSPS) is 14.7. The maximum absolute atomic E-state index is 12.4. The molecule has 0 unspecified atom stereocenters. The highest BCUT2D eigenvalue weighted by atomic mass is 16.2. The maximum atomic E-state index is 12.4. The third-order valence-corrected chi connectivity index (χ3v) is 3.24. The molecule has 0 aliphatic heterocycles. The van der Waals surface area contributed by atoms with E-state index in [-0.39, 0.29) is 5.91 Å². The molecule has 0 saturated heterocycles. The van der Waals surface area contributed by atoms with Crippen LogP contribution in [0, 0.1) is 6.92 Å². The maximum Gasteiger partial charge on any atom is 0.254 e. The summed E-state index contributed by atoms with van der Waals surface area (Å²) in [4.78, 5) is 14.3. The number of amides is 1. The van der Waals surface area contributed by atoms with Crippen LogP contribution in [0.25, 0.3) is 0 Å². The molecule has 0 heterocycles. The largest absolute Gasteiger partial charge is 0.398 e. The fraction of sp³-hybridized carbons (Fsp3) is 0.500. The predicted molar refractivity (Wildman–Crippen MR) is 69.9 cm³/mol. The summed E-state index contributed by atoms with van der Waals surface area (Å²) in [6.07, 6.45) is 3.30. The van der Waals surface area contributed by atoms with E-state index in [0.717, 1.165) is 31.4 Å². The Morgan fingerprint density at radius 1 is 1.47 bits per heavy atom. The van der Waals surface area contributed by atoms with Gasteiger partial charge in [0.25, 0.3) is 5.91 Å². The van der Waals surface area contributed by atoms with Crippen LogP contribution in [0.3, 0.4) is 0 Å². The highest BCUT2D eigenvalue weighted by Gasteiger charge is 2.32. The lowest BCUT2D eigenvalue weighted by atomic mass is 10.1. The summed E-state index contributed by atoms with van der Waals surface area (Å²) in [5.74, 6) is 0.126. The summed E-state index contributed by atoms with van der Waals surface area (Å²) in [5.41, 5.74) is 8.29. The lowest BCUT2D eigenvalue weighted by Crippen LogP contribution is -2.33. The van der Waals surface area contributed by atoms with E-state index in [1.807, 2.05) is 24.0 Å². The molecule has 3 heteroatoms. The standard InChI is InChI=1S/C14H20N2O/c1-3-8-16(12-6-7-12)14(17)11-5-4-10(2)13(15)9-11/h4-5,9,12H,3,6-8,15H2,1-2H3. The van der Waals surface area contributed by atoms with Crippen molar-refractivity contribution in [3.05, 3.63) is 29.3 Å². The lowest BCUT2D eigenvalue weighted by molar-refractivity contribution is 0.0743. The van der Waals surface area contributed by atoms with Gasteiger partial charge in [-0.3, -0.25) is 4.79 Å². The number of rotatable bonds is 4. The molecule has 0 radical (unpaired) electrons. The first kappa shape index (κ1) is 12.0. The Morgan fingerprint density at radius 3 is 2.71 bits per heavy atom. The average molecular weight is 232 g/mol. The van der Waals surface area contributed by atoms with Gasteiger partial charge in [-0.2, -0.15) is 0 Å². The Hall–Kier alpha value is -1.51. The number of carbonyl (C=O) groups excluding carboxylic acids is 1. The van der Waals surface area contributed by atoms with Crippen LogP contribution in [0.1, 0.15) is 42.1 Å². The monoisotopic (exact) mass is 232 g/mol. The fourth-order valence-corrected chi connectivity index (χ4v) is 2.02. The second-order valence-electron chi connectivity index (χ2n) is 4.80. The van der Waals surface area contributed by atoms with Gasteiger partial charge < -0.3 is 10.6 Å². The van der Waals surface area contributed by atoms with E-state index < -0.39 is 0 Å². The number of anilines is 1. The minimum absolute atomic E-state index is 0.126. The summed E-state index contributed by atoms with van der Waals surface area (Å²) < 4.78 is 0. The van der Waals surface area contributed by atoms with Gasteiger partial charge in [-0.05, 0) is 43.9 Å². The molecular weight excluding hydrogens is 212 g/mol. The smallest absolute Gasteiger partial charge is 0.254 e. The average Bonchev–Trinajstić information content (AvgIpc) is 3.13. The summed E-state index contributed by atoms with van der Waals surface area (Å²) in [6, 6.07) is 6.05. The molecule has 0 aromatic heterocycles. The zero-order valence-electron chi connectivity index (χ0n) is 10.6. The summed E-state index contributed by atoms with van der Waals surface area (Å²) >= 11 is 0. The molecule has 17 heavy (non-hydrogen) atoms. The zero-order chi connectivity index (χ0) is 12.4. The second-order valence-corrected chi connectivity index (χ2v) is 4.80. The van der Waals surface area contributed by atoms with Gasteiger partial charge in [-0.15, -0.1) is 0 Å². The highest BCUT2D eigenvalue weighted by molar-refractivity contribution is 5.95. The SMILES string of the molecule is CCCN(C(=O)c1ccc(C)c(N)c1)C1CC1. The number of nitrogens with two attached hydrogens (primary N) is 1. The predicted octanol–water partition coefficient (Wildman–Crippen LogP) is 2.59. The van der Waals surface area contributed by atoms with Gasteiger partial charge in [0.1, 0.15) is 0 Å². The molecule has 0 spiro atoms. The number of hydrogen-bond acceptors (Lipinski definition) is 2. The Labute approximate surface area is 103 Å². The van der Waals surface area contributed by atoms with Gasteiger partial charge >= 0.3 is 0 Å². The quantitative estimate of drug-likeness (QED) is 0.811. The van der Waals surface area contributed by atoms with E-state index in [9.17, 15) is 4.79 Å². The van der Waals surface area contributed by atoms with E-state index in [1.165, 1.54) is 0 Å². The first-order valence-corrected chi connectivity index (χ1v) is 6.30. The number of carbonyl (C=O) groups is 1. The van der Waals surface area contributed by atoms with Crippen molar-refractivity contribution in [1.82, 2.24) is 4.90 Å². The number of aryl methyl sites for hydroxylation is 1. The Kier molecular flexibility index (Phi) is 3.36. The van der Waals surface area contributed by atoms with Crippen molar-refractivity contribution in [3.63, 3.8) is 0 Å². The van der Waals surface area contributed by atoms with Crippen molar-refractivity contribution in [1.29, 1.82) is 0 Å². The molecule has 0 atom stereocenters. The molecule has 92 valence electrons. The molecule has 1 saturated carbocycles.